The molecule has 0 radical (unpaired) electrons. The topological polar surface area (TPSA) is 29.1 Å². The first-order valence-electron chi connectivity index (χ1n) is 3.94. The van der Waals surface area contributed by atoms with Crippen LogP contribution in [0.25, 0.3) is 0 Å². The van der Waals surface area contributed by atoms with E-state index in [2.05, 4.69) is 21.2 Å². The highest BCUT2D eigenvalue weighted by atomic mass is 79.9. The van der Waals surface area contributed by atoms with Crippen molar-refractivity contribution in [2.45, 2.75) is 17.1 Å². The minimum absolute atomic E-state index is 0.00803. The molecule has 1 aliphatic heterocycles. The maximum atomic E-state index is 11.3. The second kappa shape index (κ2) is 3.35. The molecular weight excluding hydrogens is 250 g/mol. The standard InChI is InChI=1S/C9H8BrNOS/c1-5-9(12)11-7-4-6(10)2-3-8(7)13-5/h2-5H,1H3,(H,11,12)/t5-/m1/s1. The van der Waals surface area contributed by atoms with Crippen molar-refractivity contribution >= 4 is 39.3 Å². The van der Waals surface area contributed by atoms with Gasteiger partial charge in [-0.2, -0.15) is 0 Å². The summed E-state index contributed by atoms with van der Waals surface area (Å²) >= 11 is 4.96. The fraction of sp³-hybridized carbons (Fsp3) is 0.222. The Morgan fingerprint density at radius 3 is 3.08 bits per heavy atom. The molecule has 2 rings (SSSR count). The second-order valence-corrected chi connectivity index (χ2v) is 5.19. The van der Waals surface area contributed by atoms with Gasteiger partial charge < -0.3 is 5.32 Å². The number of benzene rings is 1. The highest BCUT2D eigenvalue weighted by Gasteiger charge is 2.22. The summed E-state index contributed by atoms with van der Waals surface area (Å²) in [7, 11) is 0. The summed E-state index contributed by atoms with van der Waals surface area (Å²) in [5, 5.41) is 2.87. The zero-order valence-corrected chi connectivity index (χ0v) is 9.41. The van der Waals surface area contributed by atoms with Crippen LogP contribution in [0.4, 0.5) is 5.69 Å². The summed E-state index contributed by atoms with van der Waals surface area (Å²) in [6.45, 7) is 1.91. The number of hydrogen-bond donors (Lipinski definition) is 1. The molecule has 13 heavy (non-hydrogen) atoms. The first-order chi connectivity index (χ1) is 6.16. The Bertz CT molecular complexity index is 367. The molecule has 0 bridgehead atoms. The minimum atomic E-state index is 0.00803. The van der Waals surface area contributed by atoms with Crippen LogP contribution >= 0.6 is 27.7 Å². The van der Waals surface area contributed by atoms with Crippen LogP contribution in [-0.4, -0.2) is 11.2 Å². The van der Waals surface area contributed by atoms with Gasteiger partial charge in [-0.05, 0) is 25.1 Å². The molecule has 0 spiro atoms. The van der Waals surface area contributed by atoms with E-state index in [4.69, 9.17) is 0 Å². The predicted octanol–water partition coefficient (Wildman–Crippen LogP) is 2.88. The number of halogens is 1. The summed E-state index contributed by atoms with van der Waals surface area (Å²) in [5.41, 5.74) is 0.905. The van der Waals surface area contributed by atoms with Crippen molar-refractivity contribution in [2.24, 2.45) is 0 Å². The van der Waals surface area contributed by atoms with E-state index in [-0.39, 0.29) is 11.2 Å². The molecule has 0 fully saturated rings. The van der Waals surface area contributed by atoms with Crippen molar-refractivity contribution in [1.82, 2.24) is 0 Å². The maximum absolute atomic E-state index is 11.3. The number of carbonyl (C=O) groups excluding carboxylic acids is 1. The highest BCUT2D eigenvalue weighted by molar-refractivity contribution is 9.10. The van der Waals surface area contributed by atoms with Gasteiger partial charge >= 0.3 is 0 Å². The Balaban J connectivity index is 2.42. The molecule has 1 atom stereocenters. The van der Waals surface area contributed by atoms with Crippen molar-refractivity contribution in [1.29, 1.82) is 0 Å². The molecule has 1 N–H and O–H groups in total. The van der Waals surface area contributed by atoms with E-state index < -0.39 is 0 Å². The predicted molar refractivity (Wildman–Crippen MR) is 58.1 cm³/mol. The number of thioether (sulfide) groups is 1. The average molecular weight is 258 g/mol. The molecule has 4 heteroatoms. The molecule has 0 unspecified atom stereocenters. The molecular formula is C9H8BrNOS. The quantitative estimate of drug-likeness (QED) is 0.775. The van der Waals surface area contributed by atoms with Crippen molar-refractivity contribution in [3.8, 4) is 0 Å². The van der Waals surface area contributed by atoms with Crippen LogP contribution in [0.15, 0.2) is 27.6 Å². The van der Waals surface area contributed by atoms with Crippen molar-refractivity contribution in [3.05, 3.63) is 22.7 Å². The van der Waals surface area contributed by atoms with Gasteiger partial charge in [0.2, 0.25) is 5.91 Å². The molecule has 68 valence electrons. The van der Waals surface area contributed by atoms with Gasteiger partial charge in [0, 0.05) is 9.37 Å². The van der Waals surface area contributed by atoms with Crippen molar-refractivity contribution < 1.29 is 4.79 Å². The number of anilines is 1. The first-order valence-corrected chi connectivity index (χ1v) is 5.61. The van der Waals surface area contributed by atoms with Crippen LogP contribution in [-0.2, 0) is 4.79 Å². The van der Waals surface area contributed by atoms with Crippen LogP contribution in [0.3, 0.4) is 0 Å². The fourth-order valence-corrected chi connectivity index (χ4v) is 2.47. The van der Waals surface area contributed by atoms with Gasteiger partial charge in [-0.1, -0.05) is 15.9 Å². The number of rotatable bonds is 0. The van der Waals surface area contributed by atoms with Gasteiger partial charge in [0.1, 0.15) is 0 Å². The lowest BCUT2D eigenvalue weighted by molar-refractivity contribution is -0.115. The van der Waals surface area contributed by atoms with Crippen LogP contribution in [0, 0.1) is 0 Å². The normalized spacial score (nSPS) is 20.8. The molecule has 1 amide bonds. The summed E-state index contributed by atoms with van der Waals surface area (Å²) in [6.07, 6.45) is 0. The van der Waals surface area contributed by atoms with Crippen molar-refractivity contribution in [3.63, 3.8) is 0 Å². The number of hydrogen-bond acceptors (Lipinski definition) is 2. The average Bonchev–Trinajstić information content (AvgIpc) is 2.08. The van der Waals surface area contributed by atoms with Crippen LogP contribution in [0.1, 0.15) is 6.92 Å². The molecule has 0 saturated heterocycles. The molecule has 1 heterocycles. The molecule has 0 aromatic heterocycles. The smallest absolute Gasteiger partial charge is 0.237 e. The third-order valence-electron chi connectivity index (χ3n) is 1.87. The largest absolute Gasteiger partial charge is 0.324 e. The fourth-order valence-electron chi connectivity index (χ4n) is 1.18. The van der Waals surface area contributed by atoms with E-state index in [0.29, 0.717) is 0 Å². The van der Waals surface area contributed by atoms with E-state index in [1.807, 2.05) is 25.1 Å². The molecule has 2 nitrogen and oxygen atoms in total. The van der Waals surface area contributed by atoms with E-state index >= 15 is 0 Å². The Kier molecular flexibility index (Phi) is 2.34. The van der Waals surface area contributed by atoms with Gasteiger partial charge in [-0.3, -0.25) is 4.79 Å². The lowest BCUT2D eigenvalue weighted by Crippen LogP contribution is -2.26. The second-order valence-electron chi connectivity index (χ2n) is 2.89. The van der Waals surface area contributed by atoms with Gasteiger partial charge in [0.05, 0.1) is 10.9 Å². The SMILES string of the molecule is C[C@H]1Sc2ccc(Br)cc2NC1=O. The summed E-state index contributed by atoms with van der Waals surface area (Å²) < 4.78 is 0.988. The number of nitrogens with one attached hydrogen (secondary N) is 1. The van der Waals surface area contributed by atoms with Gasteiger partial charge in [-0.25, -0.2) is 0 Å². The Morgan fingerprint density at radius 2 is 2.31 bits per heavy atom. The third kappa shape index (κ3) is 1.74. The van der Waals surface area contributed by atoms with Gasteiger partial charge in [-0.15, -0.1) is 11.8 Å². The minimum Gasteiger partial charge on any atom is -0.324 e. The lowest BCUT2D eigenvalue weighted by atomic mass is 10.3. The van der Waals surface area contributed by atoms with Gasteiger partial charge in [0.25, 0.3) is 0 Å². The number of carbonyl (C=O) groups is 1. The van der Waals surface area contributed by atoms with E-state index in [1.54, 1.807) is 11.8 Å². The zero-order valence-electron chi connectivity index (χ0n) is 7.00. The van der Waals surface area contributed by atoms with Crippen LogP contribution < -0.4 is 5.32 Å². The first kappa shape index (κ1) is 9.09. The summed E-state index contributed by atoms with van der Waals surface area (Å²) in [4.78, 5) is 12.5. The summed E-state index contributed by atoms with van der Waals surface area (Å²) in [6, 6.07) is 5.92. The molecule has 0 aliphatic carbocycles. The van der Waals surface area contributed by atoms with Crippen LogP contribution in [0.5, 0.6) is 0 Å². The Labute approximate surface area is 89.2 Å². The zero-order chi connectivity index (χ0) is 9.42. The van der Waals surface area contributed by atoms with Gasteiger partial charge in [0.15, 0.2) is 0 Å². The monoisotopic (exact) mass is 257 g/mol. The molecule has 0 saturated carbocycles. The van der Waals surface area contributed by atoms with E-state index in [9.17, 15) is 4.79 Å². The highest BCUT2D eigenvalue weighted by Crippen LogP contribution is 2.36. The molecule has 1 aromatic rings. The Morgan fingerprint density at radius 1 is 1.54 bits per heavy atom. The van der Waals surface area contributed by atoms with Crippen LogP contribution in [0.2, 0.25) is 0 Å². The Hall–Kier alpha value is -0.480. The third-order valence-corrected chi connectivity index (χ3v) is 3.54. The number of amides is 1. The molecule has 1 aliphatic rings. The molecule has 1 aromatic carbocycles. The van der Waals surface area contributed by atoms with E-state index in [0.717, 1.165) is 15.1 Å². The summed E-state index contributed by atoms with van der Waals surface area (Å²) in [5.74, 6) is 0.0793. The van der Waals surface area contributed by atoms with E-state index in [1.165, 1.54) is 0 Å². The maximum Gasteiger partial charge on any atom is 0.237 e. The number of fused-ring (bicyclic) bond motifs is 1. The lowest BCUT2D eigenvalue weighted by Gasteiger charge is -2.21. The van der Waals surface area contributed by atoms with Crippen molar-refractivity contribution in [2.75, 3.05) is 5.32 Å².